The van der Waals surface area contributed by atoms with Crippen molar-refractivity contribution in [2.24, 2.45) is 0 Å². The van der Waals surface area contributed by atoms with Gasteiger partial charge in [-0.05, 0) is 62.4 Å². The van der Waals surface area contributed by atoms with E-state index < -0.39 is 6.36 Å². The van der Waals surface area contributed by atoms with E-state index in [0.29, 0.717) is 16.8 Å². The van der Waals surface area contributed by atoms with Gasteiger partial charge < -0.3 is 15.4 Å². The van der Waals surface area contributed by atoms with Crippen LogP contribution in [0.1, 0.15) is 19.8 Å². The molecule has 2 rings (SSSR count). The third-order valence-corrected chi connectivity index (χ3v) is 4.00. The minimum Gasteiger partial charge on any atom is -0.406 e. The van der Waals surface area contributed by atoms with E-state index in [1.165, 1.54) is 30.7 Å². The molecule has 1 saturated heterocycles. The molecule has 1 aliphatic heterocycles. The van der Waals surface area contributed by atoms with Crippen LogP contribution < -0.4 is 15.4 Å². The van der Waals surface area contributed by atoms with Gasteiger partial charge >= 0.3 is 6.36 Å². The zero-order valence-corrected chi connectivity index (χ0v) is 13.6. The van der Waals surface area contributed by atoms with Crippen LogP contribution >= 0.6 is 12.2 Å². The molecular formula is C15H20F3N3OS. The lowest BCUT2D eigenvalue weighted by Gasteiger charge is -2.23. The van der Waals surface area contributed by atoms with E-state index in [1.54, 1.807) is 0 Å². The predicted octanol–water partition coefficient (Wildman–Crippen LogP) is 3.36. The van der Waals surface area contributed by atoms with Crippen molar-refractivity contribution < 1.29 is 17.9 Å². The Morgan fingerprint density at radius 3 is 2.65 bits per heavy atom. The normalized spacial score (nSPS) is 18.7. The second-order valence-corrected chi connectivity index (χ2v) is 5.74. The van der Waals surface area contributed by atoms with Crippen LogP contribution in [0, 0.1) is 0 Å². The molecule has 4 nitrogen and oxygen atoms in total. The highest BCUT2D eigenvalue weighted by atomic mass is 32.1. The smallest absolute Gasteiger partial charge is 0.406 e. The molecule has 0 saturated carbocycles. The average Bonchev–Trinajstić information content (AvgIpc) is 2.93. The first kappa shape index (κ1) is 17.8. The minimum absolute atomic E-state index is 0.258. The Balaban J connectivity index is 1.79. The summed E-state index contributed by atoms with van der Waals surface area (Å²) in [5, 5.41) is 6.57. The largest absolute Gasteiger partial charge is 0.573 e. The van der Waals surface area contributed by atoms with E-state index in [2.05, 4.69) is 27.2 Å². The van der Waals surface area contributed by atoms with Crippen molar-refractivity contribution in [1.82, 2.24) is 10.2 Å². The van der Waals surface area contributed by atoms with Gasteiger partial charge in [-0.3, -0.25) is 4.90 Å². The molecule has 1 aliphatic rings. The molecule has 0 radical (unpaired) electrons. The molecule has 1 atom stereocenters. The third kappa shape index (κ3) is 5.87. The number of hydrogen-bond donors (Lipinski definition) is 2. The number of halogens is 3. The highest BCUT2D eigenvalue weighted by molar-refractivity contribution is 7.80. The second kappa shape index (κ2) is 7.83. The van der Waals surface area contributed by atoms with Crippen molar-refractivity contribution >= 4 is 23.0 Å². The summed E-state index contributed by atoms with van der Waals surface area (Å²) < 4.78 is 40.1. The van der Waals surface area contributed by atoms with Crippen molar-refractivity contribution in [1.29, 1.82) is 0 Å². The number of nitrogens with zero attached hydrogens (tertiary/aromatic N) is 1. The van der Waals surface area contributed by atoms with Gasteiger partial charge in [0.2, 0.25) is 0 Å². The highest BCUT2D eigenvalue weighted by Gasteiger charge is 2.31. The molecule has 23 heavy (non-hydrogen) atoms. The Morgan fingerprint density at radius 1 is 1.35 bits per heavy atom. The molecule has 1 aromatic carbocycles. The summed E-state index contributed by atoms with van der Waals surface area (Å²) in [7, 11) is 0. The van der Waals surface area contributed by atoms with Crippen molar-refractivity contribution in [3.05, 3.63) is 24.3 Å². The Hall–Kier alpha value is -1.54. The van der Waals surface area contributed by atoms with Gasteiger partial charge in [-0.15, -0.1) is 13.2 Å². The summed E-state index contributed by atoms with van der Waals surface area (Å²) in [6.45, 7) is 5.03. The lowest BCUT2D eigenvalue weighted by molar-refractivity contribution is -0.274. The lowest BCUT2D eigenvalue weighted by Crippen LogP contribution is -2.41. The van der Waals surface area contributed by atoms with Gasteiger partial charge in [-0.2, -0.15) is 0 Å². The van der Waals surface area contributed by atoms with Crippen LogP contribution in [0.3, 0.4) is 0 Å². The molecule has 0 spiro atoms. The molecule has 1 fully saturated rings. The van der Waals surface area contributed by atoms with E-state index in [-0.39, 0.29) is 5.75 Å². The van der Waals surface area contributed by atoms with Gasteiger partial charge in [0, 0.05) is 18.3 Å². The second-order valence-electron chi connectivity index (χ2n) is 5.33. The summed E-state index contributed by atoms with van der Waals surface area (Å²) in [4.78, 5) is 2.40. The number of nitrogens with one attached hydrogen (secondary N) is 2. The summed E-state index contributed by atoms with van der Waals surface area (Å²) in [5.41, 5.74) is 0.607. The van der Waals surface area contributed by atoms with Gasteiger partial charge in [-0.1, -0.05) is 6.92 Å². The van der Waals surface area contributed by atoms with E-state index in [9.17, 15) is 13.2 Å². The molecule has 0 unspecified atom stereocenters. The molecular weight excluding hydrogens is 327 g/mol. The number of hydrogen-bond acceptors (Lipinski definition) is 3. The average molecular weight is 347 g/mol. The van der Waals surface area contributed by atoms with Crippen molar-refractivity contribution in [2.75, 3.05) is 25.0 Å². The molecule has 0 aliphatic carbocycles. The van der Waals surface area contributed by atoms with Crippen LogP contribution in [-0.4, -0.2) is 42.1 Å². The first-order chi connectivity index (χ1) is 10.9. The van der Waals surface area contributed by atoms with Crippen LogP contribution in [-0.2, 0) is 0 Å². The van der Waals surface area contributed by atoms with E-state index in [0.717, 1.165) is 26.1 Å². The van der Waals surface area contributed by atoms with E-state index in [4.69, 9.17) is 12.2 Å². The Labute approximate surface area is 139 Å². The van der Waals surface area contributed by atoms with Crippen LogP contribution in [0.25, 0.3) is 0 Å². The Morgan fingerprint density at radius 2 is 2.04 bits per heavy atom. The summed E-state index contributed by atoms with van der Waals surface area (Å²) >= 11 is 5.21. The standard InChI is InChI=1S/C15H20F3N3OS/c1-2-21-9-3-4-12(21)10-19-14(23)20-11-5-7-13(8-6-11)22-15(16,17)18/h5-8,12H,2-4,9-10H2,1H3,(H2,19,20,23)/t12-/m1/s1. The third-order valence-electron chi connectivity index (χ3n) is 3.75. The van der Waals surface area contributed by atoms with Crippen LogP contribution in [0.4, 0.5) is 18.9 Å². The molecule has 0 aromatic heterocycles. The van der Waals surface area contributed by atoms with Gasteiger partial charge in [-0.25, -0.2) is 0 Å². The number of likely N-dealkylation sites (tertiary alicyclic amines) is 1. The van der Waals surface area contributed by atoms with Gasteiger partial charge in [0.05, 0.1) is 0 Å². The number of likely N-dealkylation sites (N-methyl/N-ethyl adjacent to an activating group) is 1. The quantitative estimate of drug-likeness (QED) is 0.799. The van der Waals surface area contributed by atoms with Gasteiger partial charge in [0.25, 0.3) is 0 Å². The number of thiocarbonyl (C=S) groups is 1. The van der Waals surface area contributed by atoms with Crippen LogP contribution in [0.5, 0.6) is 5.75 Å². The molecule has 8 heteroatoms. The maximum Gasteiger partial charge on any atom is 0.573 e. The Bertz CT molecular complexity index is 522. The fourth-order valence-electron chi connectivity index (χ4n) is 2.67. The van der Waals surface area contributed by atoms with Crippen molar-refractivity contribution in [2.45, 2.75) is 32.2 Å². The topological polar surface area (TPSA) is 36.5 Å². The Kier molecular flexibility index (Phi) is 6.06. The predicted molar refractivity (Wildman–Crippen MR) is 87.6 cm³/mol. The van der Waals surface area contributed by atoms with Gasteiger partial charge in [0.15, 0.2) is 5.11 Å². The molecule has 0 bridgehead atoms. The first-order valence-corrected chi connectivity index (χ1v) is 7.93. The fourth-order valence-corrected chi connectivity index (χ4v) is 2.87. The SMILES string of the molecule is CCN1CCC[C@@H]1CNC(=S)Nc1ccc(OC(F)(F)F)cc1. The zero-order valence-electron chi connectivity index (χ0n) is 12.8. The molecule has 1 heterocycles. The first-order valence-electron chi connectivity index (χ1n) is 7.52. The molecule has 2 N–H and O–H groups in total. The summed E-state index contributed by atoms with van der Waals surface area (Å²) in [5.74, 6) is -0.258. The lowest BCUT2D eigenvalue weighted by atomic mass is 10.2. The van der Waals surface area contributed by atoms with Gasteiger partial charge in [0.1, 0.15) is 5.75 Å². The summed E-state index contributed by atoms with van der Waals surface area (Å²) in [6, 6.07) is 5.94. The van der Waals surface area contributed by atoms with Crippen molar-refractivity contribution in [3.8, 4) is 5.75 Å². The maximum absolute atomic E-state index is 12.1. The van der Waals surface area contributed by atoms with Crippen LogP contribution in [0.15, 0.2) is 24.3 Å². The number of alkyl halides is 3. The fraction of sp³-hybridized carbons (Fsp3) is 0.533. The number of anilines is 1. The maximum atomic E-state index is 12.1. The monoisotopic (exact) mass is 347 g/mol. The molecule has 0 amide bonds. The van der Waals surface area contributed by atoms with Crippen LogP contribution in [0.2, 0.25) is 0 Å². The number of rotatable bonds is 5. The molecule has 1 aromatic rings. The summed E-state index contributed by atoms with van der Waals surface area (Å²) in [6.07, 6.45) is -2.34. The zero-order chi connectivity index (χ0) is 16.9. The number of benzene rings is 1. The number of ether oxygens (including phenoxy) is 1. The minimum atomic E-state index is -4.68. The van der Waals surface area contributed by atoms with E-state index >= 15 is 0 Å². The highest BCUT2D eigenvalue weighted by Crippen LogP contribution is 2.24. The molecule has 128 valence electrons. The van der Waals surface area contributed by atoms with E-state index in [1.807, 2.05) is 0 Å². The van der Waals surface area contributed by atoms with Crippen molar-refractivity contribution in [3.63, 3.8) is 0 Å².